The Hall–Kier alpha value is -0.520. The molecule has 0 saturated carbocycles. The van der Waals surface area contributed by atoms with Crippen molar-refractivity contribution in [3.05, 3.63) is 38.8 Å². The molecular formula is C12H13BrN2S2. The second kappa shape index (κ2) is 5.89. The molecule has 0 aliphatic carbocycles. The monoisotopic (exact) mass is 328 g/mol. The molecule has 5 heteroatoms. The van der Waals surface area contributed by atoms with Gasteiger partial charge >= 0.3 is 0 Å². The van der Waals surface area contributed by atoms with Crippen LogP contribution in [0.25, 0.3) is 0 Å². The summed E-state index contributed by atoms with van der Waals surface area (Å²) in [4.78, 5) is 6.87. The van der Waals surface area contributed by atoms with Crippen LogP contribution in [0.4, 0.5) is 5.69 Å². The molecular weight excluding hydrogens is 316 g/mol. The number of rotatable bonds is 4. The summed E-state index contributed by atoms with van der Waals surface area (Å²) in [5, 5.41) is 0. The van der Waals surface area contributed by atoms with E-state index in [0.717, 1.165) is 28.0 Å². The maximum atomic E-state index is 5.71. The van der Waals surface area contributed by atoms with E-state index in [1.807, 2.05) is 29.4 Å². The van der Waals surface area contributed by atoms with E-state index in [1.54, 1.807) is 11.3 Å². The quantitative estimate of drug-likeness (QED) is 0.677. The van der Waals surface area contributed by atoms with Crippen LogP contribution in [0.1, 0.15) is 10.6 Å². The number of nitrogen functional groups attached to an aromatic ring is 1. The van der Waals surface area contributed by atoms with Crippen molar-refractivity contribution in [3.8, 4) is 0 Å². The van der Waals surface area contributed by atoms with Gasteiger partial charge in [0.05, 0.1) is 11.2 Å². The Balaban J connectivity index is 1.92. The number of nitrogens with two attached hydrogens (primary N) is 1. The molecule has 2 N–H and O–H groups in total. The van der Waals surface area contributed by atoms with E-state index in [4.69, 9.17) is 5.73 Å². The van der Waals surface area contributed by atoms with Crippen molar-refractivity contribution in [3.63, 3.8) is 0 Å². The van der Waals surface area contributed by atoms with Gasteiger partial charge < -0.3 is 5.73 Å². The smallest absolute Gasteiger partial charge is 0.0797 e. The first-order valence-corrected chi connectivity index (χ1v) is 7.89. The van der Waals surface area contributed by atoms with Gasteiger partial charge in [-0.25, -0.2) is 4.98 Å². The Morgan fingerprint density at radius 2 is 2.29 bits per heavy atom. The number of anilines is 1. The van der Waals surface area contributed by atoms with Crippen LogP contribution in [-0.4, -0.2) is 10.7 Å². The topological polar surface area (TPSA) is 38.9 Å². The second-order valence-corrected chi connectivity index (χ2v) is 6.58. The maximum absolute atomic E-state index is 5.71. The molecule has 2 rings (SSSR count). The molecule has 0 aliphatic heterocycles. The van der Waals surface area contributed by atoms with Crippen LogP contribution < -0.4 is 5.73 Å². The Morgan fingerprint density at radius 1 is 1.47 bits per heavy atom. The number of aryl methyl sites for hydroxylation is 2. The number of hydrogen-bond donors (Lipinski definition) is 1. The number of nitrogens with zero attached hydrogens (tertiary/aromatic N) is 1. The fraction of sp³-hybridized carbons (Fsp3) is 0.250. The summed E-state index contributed by atoms with van der Waals surface area (Å²) in [6.07, 6.45) is 1.07. The van der Waals surface area contributed by atoms with Crippen LogP contribution in [0.3, 0.4) is 0 Å². The number of thioether (sulfide) groups is 1. The highest BCUT2D eigenvalue weighted by molar-refractivity contribution is 9.10. The minimum atomic E-state index is 0.791. The third kappa shape index (κ3) is 3.47. The lowest BCUT2D eigenvalue weighted by Crippen LogP contribution is -1.89. The van der Waals surface area contributed by atoms with Crippen LogP contribution in [0.5, 0.6) is 0 Å². The molecule has 1 aromatic heterocycles. The standard InChI is InChI=1S/C12H13BrN2S2/c1-8-11(17-7-15-8)4-5-16-12-3-2-9(14)6-10(12)13/h2-3,6-7H,4-5,14H2,1H3. The van der Waals surface area contributed by atoms with Crippen molar-refractivity contribution in [2.45, 2.75) is 18.2 Å². The first-order valence-electron chi connectivity index (χ1n) is 5.23. The highest BCUT2D eigenvalue weighted by atomic mass is 79.9. The van der Waals surface area contributed by atoms with E-state index in [2.05, 4.69) is 33.9 Å². The van der Waals surface area contributed by atoms with Crippen molar-refractivity contribution in [2.75, 3.05) is 11.5 Å². The van der Waals surface area contributed by atoms with Gasteiger partial charge in [0.1, 0.15) is 0 Å². The summed E-state index contributed by atoms with van der Waals surface area (Å²) in [5.74, 6) is 1.06. The average molecular weight is 329 g/mol. The molecule has 17 heavy (non-hydrogen) atoms. The zero-order valence-corrected chi connectivity index (χ0v) is 12.7. The largest absolute Gasteiger partial charge is 0.399 e. The van der Waals surface area contributed by atoms with Crippen molar-refractivity contribution < 1.29 is 0 Å². The number of hydrogen-bond acceptors (Lipinski definition) is 4. The van der Waals surface area contributed by atoms with Crippen molar-refractivity contribution in [1.82, 2.24) is 4.98 Å². The van der Waals surface area contributed by atoms with Gasteiger partial charge in [-0.3, -0.25) is 0 Å². The number of benzene rings is 1. The SMILES string of the molecule is Cc1ncsc1CCSc1ccc(N)cc1Br. The van der Waals surface area contributed by atoms with Crippen molar-refractivity contribution in [2.24, 2.45) is 0 Å². The molecule has 0 bridgehead atoms. The average Bonchev–Trinajstić information content (AvgIpc) is 2.68. The Labute approximate surface area is 118 Å². The van der Waals surface area contributed by atoms with E-state index in [-0.39, 0.29) is 0 Å². The van der Waals surface area contributed by atoms with Crippen LogP contribution in [0, 0.1) is 6.92 Å². The normalized spacial score (nSPS) is 10.7. The molecule has 1 aromatic carbocycles. The maximum Gasteiger partial charge on any atom is 0.0797 e. The minimum absolute atomic E-state index is 0.791. The molecule has 2 nitrogen and oxygen atoms in total. The number of aromatic nitrogens is 1. The summed E-state index contributed by atoms with van der Waals surface area (Å²) < 4.78 is 1.07. The van der Waals surface area contributed by atoms with Crippen LogP contribution in [-0.2, 0) is 6.42 Å². The Kier molecular flexibility index (Phi) is 4.48. The van der Waals surface area contributed by atoms with Gasteiger partial charge in [-0.05, 0) is 47.5 Å². The summed E-state index contributed by atoms with van der Waals surface area (Å²) in [6, 6.07) is 5.94. The zero-order valence-electron chi connectivity index (χ0n) is 9.44. The van der Waals surface area contributed by atoms with Gasteiger partial charge in [0.2, 0.25) is 0 Å². The van der Waals surface area contributed by atoms with E-state index < -0.39 is 0 Å². The summed E-state index contributed by atoms with van der Waals surface area (Å²) in [7, 11) is 0. The minimum Gasteiger partial charge on any atom is -0.399 e. The fourth-order valence-electron chi connectivity index (χ4n) is 1.45. The highest BCUT2D eigenvalue weighted by Crippen LogP contribution is 2.30. The molecule has 0 amide bonds. The molecule has 0 unspecified atom stereocenters. The molecule has 1 heterocycles. The van der Waals surface area contributed by atoms with Gasteiger partial charge in [0, 0.05) is 25.7 Å². The summed E-state index contributed by atoms with van der Waals surface area (Å²) in [6.45, 7) is 2.07. The zero-order chi connectivity index (χ0) is 12.3. The third-order valence-corrected chi connectivity index (χ3v) is 5.38. The predicted molar refractivity (Wildman–Crippen MR) is 79.8 cm³/mol. The van der Waals surface area contributed by atoms with E-state index in [0.29, 0.717) is 0 Å². The first kappa shape index (κ1) is 12.9. The lowest BCUT2D eigenvalue weighted by Gasteiger charge is -2.04. The van der Waals surface area contributed by atoms with Gasteiger partial charge in [-0.1, -0.05) is 0 Å². The first-order chi connectivity index (χ1) is 8.16. The molecule has 0 atom stereocenters. The van der Waals surface area contributed by atoms with Gasteiger partial charge in [0.15, 0.2) is 0 Å². The van der Waals surface area contributed by atoms with Crippen LogP contribution in [0.15, 0.2) is 33.1 Å². The molecule has 2 aromatic rings. The van der Waals surface area contributed by atoms with Crippen LogP contribution >= 0.6 is 39.0 Å². The van der Waals surface area contributed by atoms with Crippen LogP contribution in [0.2, 0.25) is 0 Å². The number of halogens is 1. The van der Waals surface area contributed by atoms with Crippen molar-refractivity contribution >= 4 is 44.7 Å². The highest BCUT2D eigenvalue weighted by Gasteiger charge is 2.04. The summed E-state index contributed by atoms with van der Waals surface area (Å²) in [5.41, 5.74) is 9.57. The molecule has 0 fully saturated rings. The lowest BCUT2D eigenvalue weighted by atomic mass is 10.3. The molecule has 90 valence electrons. The van der Waals surface area contributed by atoms with Gasteiger partial charge in [0.25, 0.3) is 0 Å². The lowest BCUT2D eigenvalue weighted by molar-refractivity contribution is 1.12. The molecule has 0 radical (unpaired) electrons. The summed E-state index contributed by atoms with van der Waals surface area (Å²) >= 11 is 7.10. The third-order valence-electron chi connectivity index (χ3n) is 2.39. The van der Waals surface area contributed by atoms with E-state index in [9.17, 15) is 0 Å². The van der Waals surface area contributed by atoms with E-state index in [1.165, 1.54) is 9.77 Å². The number of thiazole rings is 1. The van der Waals surface area contributed by atoms with E-state index >= 15 is 0 Å². The molecule has 0 saturated heterocycles. The van der Waals surface area contributed by atoms with Gasteiger partial charge in [-0.15, -0.1) is 23.1 Å². The Bertz CT molecular complexity index is 511. The molecule has 0 aliphatic rings. The molecule has 0 spiro atoms. The second-order valence-electron chi connectivity index (χ2n) is 3.65. The predicted octanol–water partition coefficient (Wildman–Crippen LogP) is 4.13. The Morgan fingerprint density at radius 3 is 2.94 bits per heavy atom. The van der Waals surface area contributed by atoms with Gasteiger partial charge in [-0.2, -0.15) is 0 Å². The van der Waals surface area contributed by atoms with Crippen molar-refractivity contribution in [1.29, 1.82) is 0 Å². The fourth-order valence-corrected chi connectivity index (χ4v) is 3.99.